The number of likely N-dealkylation sites (tertiary alicyclic amines) is 1. The number of carbonyl (C=O) groups excluding carboxylic acids is 2. The normalized spacial score (nSPS) is 16.2. The number of benzene rings is 3. The van der Waals surface area contributed by atoms with E-state index in [2.05, 4.69) is 5.32 Å². The van der Waals surface area contributed by atoms with Gasteiger partial charge in [0.2, 0.25) is 5.91 Å². The molecule has 1 atom stereocenters. The molecule has 0 bridgehead atoms. The number of aromatic hydroxyl groups is 1. The minimum absolute atomic E-state index is 0.0116. The summed E-state index contributed by atoms with van der Waals surface area (Å²) in [6.45, 7) is 4.54. The Kier molecular flexibility index (Phi) is 4.97. The Labute approximate surface area is 170 Å². The summed E-state index contributed by atoms with van der Waals surface area (Å²) in [7, 11) is 0. The zero-order chi connectivity index (χ0) is 20.5. The molecule has 1 aliphatic rings. The van der Waals surface area contributed by atoms with Crippen molar-refractivity contribution in [2.45, 2.75) is 26.3 Å². The summed E-state index contributed by atoms with van der Waals surface area (Å²) < 4.78 is 0. The number of amides is 2. The molecule has 1 aliphatic heterocycles. The summed E-state index contributed by atoms with van der Waals surface area (Å²) in [5.74, 6) is 0.193. The average Bonchev–Trinajstić information content (AvgIpc) is 3.16. The summed E-state index contributed by atoms with van der Waals surface area (Å²) in [5, 5.41) is 14.7. The van der Waals surface area contributed by atoms with Gasteiger partial charge in [-0.3, -0.25) is 9.59 Å². The highest BCUT2D eigenvalue weighted by molar-refractivity contribution is 6.10. The quantitative estimate of drug-likeness (QED) is 0.716. The average molecular weight is 388 g/mol. The van der Waals surface area contributed by atoms with Crippen LogP contribution in [0.1, 0.15) is 29.3 Å². The van der Waals surface area contributed by atoms with E-state index in [1.54, 1.807) is 6.07 Å². The van der Waals surface area contributed by atoms with Crippen molar-refractivity contribution in [3.05, 3.63) is 65.7 Å². The molecule has 2 N–H and O–H groups in total. The third kappa shape index (κ3) is 3.68. The van der Waals surface area contributed by atoms with Gasteiger partial charge in [-0.15, -0.1) is 0 Å². The Balaban J connectivity index is 1.71. The first-order valence-corrected chi connectivity index (χ1v) is 9.82. The second kappa shape index (κ2) is 7.59. The molecule has 3 aromatic carbocycles. The molecular weight excluding hydrogens is 364 g/mol. The lowest BCUT2D eigenvalue weighted by Gasteiger charge is -2.19. The standard InChI is InChI=1S/C24H24N2O3/c1-15-13-17(9-10-23(15)28)19-5-3-7-21-20(19)6-4-8-22(21)24(29)26-12-11-18(14-26)25-16(2)27/h3-10,13,18,28H,11-12,14H2,1-2H3,(H,25,27). The van der Waals surface area contributed by atoms with Crippen LogP contribution in [0.2, 0.25) is 0 Å². The zero-order valence-electron chi connectivity index (χ0n) is 16.6. The highest BCUT2D eigenvalue weighted by atomic mass is 16.3. The topological polar surface area (TPSA) is 69.6 Å². The number of rotatable bonds is 3. The van der Waals surface area contributed by atoms with Gasteiger partial charge in [0, 0.05) is 31.6 Å². The number of hydrogen-bond acceptors (Lipinski definition) is 3. The van der Waals surface area contributed by atoms with Crippen molar-refractivity contribution >= 4 is 22.6 Å². The van der Waals surface area contributed by atoms with Crippen molar-refractivity contribution in [1.29, 1.82) is 0 Å². The van der Waals surface area contributed by atoms with Crippen LogP contribution in [0.3, 0.4) is 0 Å². The number of carbonyl (C=O) groups is 2. The van der Waals surface area contributed by atoms with Crippen molar-refractivity contribution in [3.63, 3.8) is 0 Å². The van der Waals surface area contributed by atoms with Crippen molar-refractivity contribution in [1.82, 2.24) is 10.2 Å². The largest absolute Gasteiger partial charge is 0.508 e. The number of fused-ring (bicyclic) bond motifs is 1. The third-order valence-corrected chi connectivity index (χ3v) is 5.54. The van der Waals surface area contributed by atoms with E-state index in [0.29, 0.717) is 18.7 Å². The van der Waals surface area contributed by atoms with E-state index in [-0.39, 0.29) is 23.6 Å². The fourth-order valence-electron chi connectivity index (χ4n) is 4.09. The van der Waals surface area contributed by atoms with Gasteiger partial charge in [-0.2, -0.15) is 0 Å². The second-order valence-electron chi connectivity index (χ2n) is 7.64. The van der Waals surface area contributed by atoms with Gasteiger partial charge in [-0.25, -0.2) is 0 Å². The summed E-state index contributed by atoms with van der Waals surface area (Å²) in [5.41, 5.74) is 3.51. The summed E-state index contributed by atoms with van der Waals surface area (Å²) >= 11 is 0. The van der Waals surface area contributed by atoms with Crippen molar-refractivity contribution < 1.29 is 14.7 Å². The van der Waals surface area contributed by atoms with Crippen LogP contribution < -0.4 is 5.32 Å². The number of phenolic OH excluding ortho intramolecular Hbond substituents is 1. The molecule has 4 rings (SSSR count). The van der Waals surface area contributed by atoms with Crippen molar-refractivity contribution in [2.75, 3.05) is 13.1 Å². The summed E-state index contributed by atoms with van der Waals surface area (Å²) in [4.78, 5) is 26.3. The monoisotopic (exact) mass is 388 g/mol. The molecule has 0 aliphatic carbocycles. The van der Waals surface area contributed by atoms with Crippen LogP contribution in [-0.2, 0) is 4.79 Å². The predicted molar refractivity (Wildman–Crippen MR) is 114 cm³/mol. The van der Waals surface area contributed by atoms with Crippen LogP contribution in [0.4, 0.5) is 0 Å². The molecule has 1 unspecified atom stereocenters. The molecule has 5 nitrogen and oxygen atoms in total. The van der Waals surface area contributed by atoms with Crippen LogP contribution in [0.25, 0.3) is 21.9 Å². The van der Waals surface area contributed by atoms with Gasteiger partial charge < -0.3 is 15.3 Å². The van der Waals surface area contributed by atoms with Crippen molar-refractivity contribution in [2.24, 2.45) is 0 Å². The molecule has 0 spiro atoms. The highest BCUT2D eigenvalue weighted by Gasteiger charge is 2.28. The Morgan fingerprint density at radius 3 is 2.59 bits per heavy atom. The lowest BCUT2D eigenvalue weighted by atomic mass is 9.94. The van der Waals surface area contributed by atoms with Gasteiger partial charge in [0.05, 0.1) is 0 Å². The Morgan fingerprint density at radius 2 is 1.83 bits per heavy atom. The van der Waals surface area contributed by atoms with Crippen LogP contribution in [0.15, 0.2) is 54.6 Å². The van der Waals surface area contributed by atoms with Gasteiger partial charge in [0.25, 0.3) is 5.91 Å². The molecule has 3 aromatic rings. The highest BCUT2D eigenvalue weighted by Crippen LogP contribution is 2.33. The molecule has 1 saturated heterocycles. The molecule has 29 heavy (non-hydrogen) atoms. The van der Waals surface area contributed by atoms with Crippen LogP contribution in [0, 0.1) is 6.92 Å². The molecule has 0 saturated carbocycles. The fourth-order valence-corrected chi connectivity index (χ4v) is 4.09. The minimum Gasteiger partial charge on any atom is -0.508 e. The Morgan fingerprint density at radius 1 is 1.07 bits per heavy atom. The molecule has 0 aromatic heterocycles. The van der Waals surface area contributed by atoms with Crippen molar-refractivity contribution in [3.8, 4) is 16.9 Å². The SMILES string of the molecule is CC(=O)NC1CCN(C(=O)c2cccc3c(-c4ccc(O)c(C)c4)cccc23)C1. The van der Waals surface area contributed by atoms with E-state index in [9.17, 15) is 14.7 Å². The molecular formula is C24H24N2O3. The maximum absolute atomic E-state index is 13.2. The van der Waals surface area contributed by atoms with Gasteiger partial charge in [-0.1, -0.05) is 36.4 Å². The Bertz CT molecular complexity index is 1110. The maximum Gasteiger partial charge on any atom is 0.254 e. The summed E-state index contributed by atoms with van der Waals surface area (Å²) in [6.07, 6.45) is 0.772. The van der Waals surface area contributed by atoms with Gasteiger partial charge in [-0.05, 0) is 59.0 Å². The second-order valence-corrected chi connectivity index (χ2v) is 7.64. The predicted octanol–water partition coefficient (Wildman–Crippen LogP) is 3.87. The van der Waals surface area contributed by atoms with Gasteiger partial charge >= 0.3 is 0 Å². The van der Waals surface area contributed by atoms with E-state index < -0.39 is 0 Å². The third-order valence-electron chi connectivity index (χ3n) is 5.54. The minimum atomic E-state index is -0.0664. The fraction of sp³-hybridized carbons (Fsp3) is 0.250. The molecule has 0 radical (unpaired) electrons. The van der Waals surface area contributed by atoms with E-state index in [4.69, 9.17) is 0 Å². The summed E-state index contributed by atoms with van der Waals surface area (Å²) in [6, 6.07) is 17.3. The smallest absolute Gasteiger partial charge is 0.254 e. The van der Waals surface area contributed by atoms with Crippen LogP contribution in [-0.4, -0.2) is 41.0 Å². The molecule has 1 heterocycles. The molecule has 148 valence electrons. The van der Waals surface area contributed by atoms with Crippen LogP contribution in [0.5, 0.6) is 5.75 Å². The first kappa shape index (κ1) is 19.0. The lowest BCUT2D eigenvalue weighted by molar-refractivity contribution is -0.119. The van der Waals surface area contributed by atoms with E-state index in [0.717, 1.165) is 33.9 Å². The Hall–Kier alpha value is -3.34. The van der Waals surface area contributed by atoms with E-state index >= 15 is 0 Å². The maximum atomic E-state index is 13.2. The first-order chi connectivity index (χ1) is 13.9. The first-order valence-electron chi connectivity index (χ1n) is 9.82. The molecule has 1 fully saturated rings. The molecule has 2 amide bonds. The number of phenols is 1. The van der Waals surface area contributed by atoms with E-state index in [1.165, 1.54) is 6.92 Å². The zero-order valence-corrected chi connectivity index (χ0v) is 16.6. The number of hydrogen-bond donors (Lipinski definition) is 2. The number of nitrogens with zero attached hydrogens (tertiary/aromatic N) is 1. The van der Waals surface area contributed by atoms with Gasteiger partial charge in [0.1, 0.15) is 5.75 Å². The molecule has 5 heteroatoms. The lowest BCUT2D eigenvalue weighted by Crippen LogP contribution is -2.37. The number of aryl methyl sites for hydroxylation is 1. The van der Waals surface area contributed by atoms with E-state index in [1.807, 2.05) is 60.4 Å². The van der Waals surface area contributed by atoms with Gasteiger partial charge in [0.15, 0.2) is 0 Å². The number of nitrogens with one attached hydrogen (secondary N) is 1. The van der Waals surface area contributed by atoms with Crippen LogP contribution >= 0.6 is 0 Å².